The molecule has 0 saturated heterocycles. The molecule has 0 spiro atoms. The number of hydrogen-bond donors (Lipinski definition) is 0. The number of rotatable bonds is 6. The fraction of sp³-hybridized carbons (Fsp3) is 0.409. The molecule has 2 rings (SSSR count). The molecule has 0 bridgehead atoms. The number of ether oxygens (including phenoxy) is 3. The standard InChI is InChI=1S/C10H14O2.C6H6.C4H10O.C2H3N/c1-3-11-9-7-5-6-8-10(9)12-4-2;1-2-4-6-5-3-1;1-3-5-4-2;1-2-3/h5-8H,3-4H2,1-2H3;1-6H;3-4H2,1-2H3;1H3. The summed E-state index contributed by atoms with van der Waals surface area (Å²) >= 11 is 0. The molecule has 4 heteroatoms. The Morgan fingerprint density at radius 3 is 1.15 bits per heavy atom. The third-order valence-corrected chi connectivity index (χ3v) is 2.52. The zero-order valence-electron chi connectivity index (χ0n) is 16.8. The quantitative estimate of drug-likeness (QED) is 0.659. The van der Waals surface area contributed by atoms with Crippen molar-refractivity contribution in [3.05, 3.63) is 60.7 Å². The van der Waals surface area contributed by atoms with Gasteiger partial charge in [-0.15, -0.1) is 0 Å². The van der Waals surface area contributed by atoms with E-state index >= 15 is 0 Å². The van der Waals surface area contributed by atoms with Crippen LogP contribution in [0.4, 0.5) is 0 Å². The Morgan fingerprint density at radius 1 is 0.654 bits per heavy atom. The van der Waals surface area contributed by atoms with E-state index < -0.39 is 0 Å². The predicted octanol–water partition coefficient (Wildman–Crippen LogP) is 5.74. The minimum absolute atomic E-state index is 0.671. The molecular formula is C22H33NO3. The first kappa shape index (κ1) is 25.7. The molecule has 0 N–H and O–H groups in total. The number of benzene rings is 2. The summed E-state index contributed by atoms with van der Waals surface area (Å²) in [5, 5.41) is 7.32. The van der Waals surface area contributed by atoms with Crippen LogP contribution in [0.5, 0.6) is 11.5 Å². The molecule has 2 aromatic carbocycles. The van der Waals surface area contributed by atoms with Gasteiger partial charge in [0.15, 0.2) is 11.5 Å². The van der Waals surface area contributed by atoms with Crippen molar-refractivity contribution in [1.29, 1.82) is 5.26 Å². The van der Waals surface area contributed by atoms with E-state index in [4.69, 9.17) is 19.5 Å². The lowest BCUT2D eigenvalue weighted by molar-refractivity contribution is 0.162. The van der Waals surface area contributed by atoms with Crippen molar-refractivity contribution >= 4 is 0 Å². The van der Waals surface area contributed by atoms with Crippen molar-refractivity contribution in [1.82, 2.24) is 0 Å². The molecule has 0 unspecified atom stereocenters. The molecule has 0 aromatic heterocycles. The fourth-order valence-electron chi connectivity index (χ4n) is 1.59. The first-order chi connectivity index (χ1) is 12.7. The Kier molecular flexibility index (Phi) is 22.3. The molecular weight excluding hydrogens is 326 g/mol. The van der Waals surface area contributed by atoms with E-state index in [1.165, 1.54) is 6.92 Å². The summed E-state index contributed by atoms with van der Waals surface area (Å²) in [5.74, 6) is 1.64. The number of para-hydroxylation sites is 2. The van der Waals surface area contributed by atoms with Gasteiger partial charge in [0.25, 0.3) is 0 Å². The van der Waals surface area contributed by atoms with E-state index in [2.05, 4.69) is 0 Å². The maximum atomic E-state index is 7.32. The van der Waals surface area contributed by atoms with Crippen LogP contribution in [-0.2, 0) is 4.74 Å². The summed E-state index contributed by atoms with van der Waals surface area (Å²) in [6.45, 7) is 12.4. The van der Waals surface area contributed by atoms with Crippen molar-refractivity contribution in [3.63, 3.8) is 0 Å². The Bertz CT molecular complexity index is 485. The van der Waals surface area contributed by atoms with Crippen LogP contribution in [0.3, 0.4) is 0 Å². The largest absolute Gasteiger partial charge is 0.490 e. The second kappa shape index (κ2) is 22.5. The Labute approximate surface area is 159 Å². The monoisotopic (exact) mass is 359 g/mol. The third-order valence-electron chi connectivity index (χ3n) is 2.52. The van der Waals surface area contributed by atoms with Crippen molar-refractivity contribution in [2.24, 2.45) is 0 Å². The van der Waals surface area contributed by atoms with Crippen molar-refractivity contribution in [2.75, 3.05) is 26.4 Å². The molecule has 0 radical (unpaired) electrons. The second-order valence-electron chi connectivity index (χ2n) is 4.47. The molecule has 0 heterocycles. The van der Waals surface area contributed by atoms with Crippen LogP contribution in [0, 0.1) is 11.3 Å². The summed E-state index contributed by atoms with van der Waals surface area (Å²) in [5.41, 5.74) is 0. The van der Waals surface area contributed by atoms with Gasteiger partial charge in [0.1, 0.15) is 0 Å². The summed E-state index contributed by atoms with van der Waals surface area (Å²) < 4.78 is 15.6. The van der Waals surface area contributed by atoms with Crippen LogP contribution < -0.4 is 9.47 Å². The fourth-order valence-corrected chi connectivity index (χ4v) is 1.59. The normalized spacial score (nSPS) is 8.15. The minimum Gasteiger partial charge on any atom is -0.490 e. The lowest BCUT2D eigenvalue weighted by Crippen LogP contribution is -1.97. The van der Waals surface area contributed by atoms with Gasteiger partial charge in [-0.25, -0.2) is 0 Å². The summed E-state index contributed by atoms with van der Waals surface area (Å²) in [7, 11) is 0. The van der Waals surface area contributed by atoms with Gasteiger partial charge >= 0.3 is 0 Å². The Balaban J connectivity index is 0. The van der Waals surface area contributed by atoms with Gasteiger partial charge in [-0.2, -0.15) is 5.26 Å². The van der Waals surface area contributed by atoms with Crippen molar-refractivity contribution < 1.29 is 14.2 Å². The molecule has 0 aliphatic rings. The zero-order chi connectivity index (χ0) is 19.9. The van der Waals surface area contributed by atoms with Gasteiger partial charge in [-0.05, 0) is 39.8 Å². The highest BCUT2D eigenvalue weighted by atomic mass is 16.5. The van der Waals surface area contributed by atoms with Gasteiger partial charge in [-0.3, -0.25) is 0 Å². The molecule has 0 atom stereocenters. The van der Waals surface area contributed by atoms with Crippen LogP contribution in [0.25, 0.3) is 0 Å². The van der Waals surface area contributed by atoms with Gasteiger partial charge < -0.3 is 14.2 Å². The van der Waals surface area contributed by atoms with Crippen LogP contribution in [-0.4, -0.2) is 26.4 Å². The maximum Gasteiger partial charge on any atom is 0.161 e. The molecule has 0 aliphatic heterocycles. The summed E-state index contributed by atoms with van der Waals surface area (Å²) in [6, 6.07) is 21.4. The van der Waals surface area contributed by atoms with E-state index in [0.29, 0.717) is 13.2 Å². The lowest BCUT2D eigenvalue weighted by Gasteiger charge is -2.09. The highest BCUT2D eigenvalue weighted by Gasteiger charge is 2.00. The average molecular weight is 360 g/mol. The third kappa shape index (κ3) is 17.8. The maximum absolute atomic E-state index is 7.32. The molecule has 0 fully saturated rings. The smallest absolute Gasteiger partial charge is 0.161 e. The van der Waals surface area contributed by atoms with Crippen LogP contribution in [0.1, 0.15) is 34.6 Å². The van der Waals surface area contributed by atoms with E-state index in [9.17, 15) is 0 Å². The first-order valence-electron chi connectivity index (χ1n) is 8.94. The lowest BCUT2D eigenvalue weighted by atomic mass is 10.3. The zero-order valence-corrected chi connectivity index (χ0v) is 16.8. The Hall–Kier alpha value is -2.51. The number of nitriles is 1. The molecule has 0 amide bonds. The summed E-state index contributed by atoms with van der Waals surface area (Å²) in [6.07, 6.45) is 0. The first-order valence-corrected chi connectivity index (χ1v) is 8.94. The molecule has 0 saturated carbocycles. The average Bonchev–Trinajstić information content (AvgIpc) is 2.68. The molecule has 4 nitrogen and oxygen atoms in total. The minimum atomic E-state index is 0.671. The predicted molar refractivity (Wildman–Crippen MR) is 109 cm³/mol. The SMILES string of the molecule is CC#N.CCOCC.CCOc1ccccc1OCC.c1ccccc1. The van der Waals surface area contributed by atoms with Gasteiger partial charge in [-0.1, -0.05) is 48.5 Å². The van der Waals surface area contributed by atoms with E-state index in [-0.39, 0.29) is 0 Å². The topological polar surface area (TPSA) is 51.5 Å². The second-order valence-corrected chi connectivity index (χ2v) is 4.47. The van der Waals surface area contributed by atoms with Crippen molar-refractivity contribution in [2.45, 2.75) is 34.6 Å². The van der Waals surface area contributed by atoms with Crippen molar-refractivity contribution in [3.8, 4) is 17.6 Å². The van der Waals surface area contributed by atoms with Gasteiger partial charge in [0, 0.05) is 20.1 Å². The van der Waals surface area contributed by atoms with Gasteiger partial charge in [0.2, 0.25) is 0 Å². The number of hydrogen-bond acceptors (Lipinski definition) is 4. The van der Waals surface area contributed by atoms with Gasteiger partial charge in [0.05, 0.1) is 19.3 Å². The molecule has 26 heavy (non-hydrogen) atoms. The highest BCUT2D eigenvalue weighted by Crippen LogP contribution is 2.25. The molecule has 144 valence electrons. The van der Waals surface area contributed by atoms with Crippen LogP contribution in [0.15, 0.2) is 60.7 Å². The number of nitrogens with zero attached hydrogens (tertiary/aromatic N) is 1. The van der Waals surface area contributed by atoms with Crippen LogP contribution >= 0.6 is 0 Å². The molecule has 2 aromatic rings. The molecule has 0 aliphatic carbocycles. The Morgan fingerprint density at radius 2 is 0.962 bits per heavy atom. The van der Waals surface area contributed by atoms with Crippen LogP contribution in [0.2, 0.25) is 0 Å². The van der Waals surface area contributed by atoms with E-state index in [1.807, 2.05) is 88.4 Å². The highest BCUT2D eigenvalue weighted by molar-refractivity contribution is 5.39. The summed E-state index contributed by atoms with van der Waals surface area (Å²) in [4.78, 5) is 0. The van der Waals surface area contributed by atoms with E-state index in [0.717, 1.165) is 24.7 Å². The van der Waals surface area contributed by atoms with E-state index in [1.54, 1.807) is 6.07 Å².